The number of carbonyl (C=O) groups is 3. The summed E-state index contributed by atoms with van der Waals surface area (Å²) in [6.07, 6.45) is 3.80. The summed E-state index contributed by atoms with van der Waals surface area (Å²) in [6.45, 7) is 5.97. The smallest absolute Gasteiger partial charge is 0.407 e. The number of benzene rings is 2. The molecule has 0 saturated carbocycles. The highest BCUT2D eigenvalue weighted by atomic mass is 32.1. The van der Waals surface area contributed by atoms with Crippen molar-refractivity contribution in [3.05, 3.63) is 71.4 Å². The number of nitrogens with one attached hydrogen (secondary N) is 3. The van der Waals surface area contributed by atoms with E-state index < -0.39 is 11.7 Å². The molecule has 0 spiro atoms. The number of pyridine rings is 1. The highest BCUT2D eigenvalue weighted by molar-refractivity contribution is 7.13. The first-order valence-corrected chi connectivity index (χ1v) is 14.5. The quantitative estimate of drug-likeness (QED) is 0.134. The lowest BCUT2D eigenvalue weighted by Crippen LogP contribution is -2.32. The van der Waals surface area contributed by atoms with Gasteiger partial charge in [-0.1, -0.05) is 24.6 Å². The number of unbranched alkanes of at least 4 members (excludes halogenated alkanes) is 2. The van der Waals surface area contributed by atoms with Crippen molar-refractivity contribution in [3.8, 4) is 10.6 Å². The van der Waals surface area contributed by atoms with E-state index in [1.165, 1.54) is 11.3 Å². The molecule has 0 aliphatic heterocycles. The molecule has 2 aromatic carbocycles. The maximum absolute atomic E-state index is 12.8. The average Bonchev–Trinajstić information content (AvgIpc) is 3.44. The minimum absolute atomic E-state index is 0.0107. The average molecular weight is 574 g/mol. The Labute approximate surface area is 243 Å². The minimum atomic E-state index is -0.525. The fourth-order valence-corrected chi connectivity index (χ4v) is 5.01. The number of fused-ring (bicyclic) bond motifs is 1. The number of hydrogen-bond acceptors (Lipinski definition) is 8. The number of para-hydroxylation sites is 1. The SMILES string of the molecule is CNC(=O)c1cnc2ccc(-c3nc(C(=O)CCCCCNC(=O)OC(C)(C)C)cs3)cc2c1Nc1ccccc1. The molecule has 41 heavy (non-hydrogen) atoms. The molecule has 9 nitrogen and oxygen atoms in total. The van der Waals surface area contributed by atoms with E-state index in [-0.39, 0.29) is 11.7 Å². The van der Waals surface area contributed by atoms with Crippen LogP contribution < -0.4 is 16.0 Å². The van der Waals surface area contributed by atoms with Crippen molar-refractivity contribution < 1.29 is 19.1 Å². The van der Waals surface area contributed by atoms with Gasteiger partial charge in [0.2, 0.25) is 0 Å². The third kappa shape index (κ3) is 8.11. The maximum Gasteiger partial charge on any atom is 0.407 e. The van der Waals surface area contributed by atoms with Crippen molar-refractivity contribution in [1.29, 1.82) is 0 Å². The first kappa shape index (κ1) is 29.7. The second kappa shape index (κ2) is 13.4. The van der Waals surface area contributed by atoms with Crippen LogP contribution in [-0.4, -0.2) is 46.9 Å². The summed E-state index contributed by atoms with van der Waals surface area (Å²) in [7, 11) is 1.59. The lowest BCUT2D eigenvalue weighted by molar-refractivity contribution is 0.0526. The summed E-state index contributed by atoms with van der Waals surface area (Å²) >= 11 is 1.41. The van der Waals surface area contributed by atoms with Crippen molar-refractivity contribution in [3.63, 3.8) is 0 Å². The minimum Gasteiger partial charge on any atom is -0.444 e. The van der Waals surface area contributed by atoms with Crippen LogP contribution in [0.1, 0.15) is 67.3 Å². The molecule has 0 atom stereocenters. The van der Waals surface area contributed by atoms with Gasteiger partial charge in [0.25, 0.3) is 5.91 Å². The standard InChI is InChI=1S/C31H35N5O4S/c1-31(2,3)40-30(39)33-16-10-6-9-13-26(37)25-19-41-29(36-25)20-14-15-24-22(17-20)27(23(18-34-24)28(38)32-4)35-21-11-7-5-8-12-21/h5,7-8,11-12,14-15,17-19H,6,9-10,13,16H2,1-4H3,(H,32,38)(H,33,39)(H,34,35). The van der Waals surface area contributed by atoms with E-state index in [1.807, 2.05) is 69.3 Å². The van der Waals surface area contributed by atoms with Gasteiger partial charge in [-0.15, -0.1) is 11.3 Å². The number of amides is 2. The van der Waals surface area contributed by atoms with Gasteiger partial charge < -0.3 is 20.7 Å². The molecule has 3 N–H and O–H groups in total. The van der Waals surface area contributed by atoms with E-state index >= 15 is 0 Å². The molecular formula is C31H35N5O4S. The number of hydrogen-bond donors (Lipinski definition) is 3. The lowest BCUT2D eigenvalue weighted by atomic mass is 10.1. The van der Waals surface area contributed by atoms with Crippen LogP contribution in [0.2, 0.25) is 0 Å². The molecule has 214 valence electrons. The summed E-state index contributed by atoms with van der Waals surface area (Å²) in [6, 6.07) is 15.4. The Morgan fingerprint density at radius 2 is 1.78 bits per heavy atom. The number of anilines is 2. The molecule has 0 unspecified atom stereocenters. The van der Waals surface area contributed by atoms with Crippen LogP contribution in [-0.2, 0) is 4.74 Å². The van der Waals surface area contributed by atoms with E-state index in [9.17, 15) is 14.4 Å². The number of carbonyl (C=O) groups excluding carboxylic acids is 3. The van der Waals surface area contributed by atoms with Crippen molar-refractivity contribution in [2.45, 2.75) is 52.1 Å². The third-order valence-electron chi connectivity index (χ3n) is 6.17. The van der Waals surface area contributed by atoms with E-state index in [4.69, 9.17) is 4.74 Å². The van der Waals surface area contributed by atoms with Crippen molar-refractivity contribution in [1.82, 2.24) is 20.6 Å². The predicted octanol–water partition coefficient (Wildman–Crippen LogP) is 6.73. The third-order valence-corrected chi connectivity index (χ3v) is 7.06. The first-order chi connectivity index (χ1) is 19.6. The van der Waals surface area contributed by atoms with Gasteiger partial charge in [-0.2, -0.15) is 0 Å². The summed E-state index contributed by atoms with van der Waals surface area (Å²) in [5.74, 6) is -0.255. The zero-order valence-electron chi connectivity index (χ0n) is 23.7. The molecule has 0 saturated heterocycles. The second-order valence-corrected chi connectivity index (χ2v) is 11.4. The van der Waals surface area contributed by atoms with E-state index in [0.29, 0.717) is 41.3 Å². The number of thiazole rings is 1. The topological polar surface area (TPSA) is 122 Å². The van der Waals surface area contributed by atoms with Crippen LogP contribution in [0.4, 0.5) is 16.2 Å². The molecule has 4 rings (SSSR count). The summed E-state index contributed by atoms with van der Waals surface area (Å²) < 4.78 is 5.22. The van der Waals surface area contributed by atoms with Gasteiger partial charge in [-0.25, -0.2) is 9.78 Å². The van der Waals surface area contributed by atoms with Gasteiger partial charge >= 0.3 is 6.09 Å². The van der Waals surface area contributed by atoms with E-state index in [1.54, 1.807) is 18.6 Å². The van der Waals surface area contributed by atoms with Crippen LogP contribution in [0.5, 0.6) is 0 Å². The van der Waals surface area contributed by atoms with Crippen LogP contribution in [0.15, 0.2) is 60.1 Å². The van der Waals surface area contributed by atoms with E-state index in [2.05, 4.69) is 25.9 Å². The van der Waals surface area contributed by atoms with Gasteiger partial charge in [0.15, 0.2) is 5.78 Å². The summed E-state index contributed by atoms with van der Waals surface area (Å²) in [5, 5.41) is 12.1. The molecule has 0 aliphatic rings. The van der Waals surface area contributed by atoms with Gasteiger partial charge in [-0.05, 0) is 63.9 Å². The number of rotatable bonds is 11. The fraction of sp³-hybridized carbons (Fsp3) is 0.323. The molecule has 2 aromatic heterocycles. The number of nitrogens with zero attached hydrogens (tertiary/aromatic N) is 2. The molecule has 0 aliphatic carbocycles. The Morgan fingerprint density at radius 3 is 2.51 bits per heavy atom. The highest BCUT2D eigenvalue weighted by Crippen LogP contribution is 2.34. The molecular weight excluding hydrogens is 538 g/mol. The number of alkyl carbamates (subject to hydrolysis) is 1. The number of Topliss-reactive ketones (excluding diaryl/α,β-unsaturated/α-hetero) is 1. The van der Waals surface area contributed by atoms with Crippen LogP contribution in [0.3, 0.4) is 0 Å². The number of aromatic nitrogens is 2. The molecule has 4 aromatic rings. The number of ether oxygens (including phenoxy) is 1. The van der Waals surface area contributed by atoms with Gasteiger partial charge in [0, 0.05) is 48.2 Å². The summed E-state index contributed by atoms with van der Waals surface area (Å²) in [5.41, 5.74) is 3.40. The van der Waals surface area contributed by atoms with Crippen molar-refractivity contribution >= 4 is 51.4 Å². The normalized spacial score (nSPS) is 11.2. The Kier molecular flexibility index (Phi) is 9.67. The lowest BCUT2D eigenvalue weighted by Gasteiger charge is -2.19. The van der Waals surface area contributed by atoms with Crippen LogP contribution >= 0.6 is 11.3 Å². The summed E-state index contributed by atoms with van der Waals surface area (Å²) in [4.78, 5) is 46.3. The van der Waals surface area contributed by atoms with Gasteiger partial charge in [-0.3, -0.25) is 14.6 Å². The predicted molar refractivity (Wildman–Crippen MR) is 163 cm³/mol. The molecule has 2 heterocycles. The van der Waals surface area contributed by atoms with Crippen molar-refractivity contribution in [2.24, 2.45) is 0 Å². The van der Waals surface area contributed by atoms with Gasteiger partial charge in [0.05, 0.1) is 16.8 Å². The van der Waals surface area contributed by atoms with Gasteiger partial charge in [0.1, 0.15) is 16.3 Å². The molecule has 0 radical (unpaired) electrons. The molecule has 10 heteroatoms. The Balaban J connectivity index is 1.43. The zero-order valence-corrected chi connectivity index (χ0v) is 24.6. The fourth-order valence-electron chi connectivity index (χ4n) is 4.19. The molecule has 2 amide bonds. The maximum atomic E-state index is 12.8. The monoisotopic (exact) mass is 573 g/mol. The molecule has 0 fully saturated rings. The first-order valence-electron chi connectivity index (χ1n) is 13.6. The van der Waals surface area contributed by atoms with Crippen LogP contribution in [0.25, 0.3) is 21.5 Å². The highest BCUT2D eigenvalue weighted by Gasteiger charge is 2.18. The number of ketones is 1. The van der Waals surface area contributed by atoms with Crippen molar-refractivity contribution in [2.75, 3.05) is 18.9 Å². The Hall–Kier alpha value is -4.31. The van der Waals surface area contributed by atoms with E-state index in [0.717, 1.165) is 35.0 Å². The zero-order chi connectivity index (χ0) is 29.4. The van der Waals surface area contributed by atoms with Crippen LogP contribution in [0, 0.1) is 0 Å². The second-order valence-electron chi connectivity index (χ2n) is 10.5. The largest absolute Gasteiger partial charge is 0.444 e. The Morgan fingerprint density at radius 1 is 1.00 bits per heavy atom. The Bertz CT molecular complexity index is 1530. The molecule has 0 bridgehead atoms.